The fourth-order valence-electron chi connectivity index (χ4n) is 3.70. The lowest BCUT2D eigenvalue weighted by Gasteiger charge is -2.36. The van der Waals surface area contributed by atoms with Gasteiger partial charge in [0.05, 0.1) is 0 Å². The van der Waals surface area contributed by atoms with E-state index in [4.69, 9.17) is 11.5 Å². The van der Waals surface area contributed by atoms with Gasteiger partial charge in [-0.05, 0) is 68.1 Å². The zero-order valence-electron chi connectivity index (χ0n) is 15.7. The molecule has 140 valence electrons. The average Bonchev–Trinajstić information content (AvgIpc) is 2.69. The molecule has 0 spiro atoms. The SMILES string of the molecule is NCCCc1ccc(CCCN2CCN(c3ccccc3)CC2)c(N)c1. The van der Waals surface area contributed by atoms with Crippen LogP contribution in [0.15, 0.2) is 48.5 Å². The molecule has 1 heterocycles. The van der Waals surface area contributed by atoms with Crippen molar-refractivity contribution in [1.82, 2.24) is 4.90 Å². The molecule has 0 atom stereocenters. The normalized spacial score (nSPS) is 15.3. The van der Waals surface area contributed by atoms with Gasteiger partial charge in [-0.1, -0.05) is 30.3 Å². The molecule has 1 saturated heterocycles. The third-order valence-electron chi connectivity index (χ3n) is 5.29. The Kier molecular flexibility index (Phi) is 6.92. The lowest BCUT2D eigenvalue weighted by molar-refractivity contribution is 0.255. The van der Waals surface area contributed by atoms with Gasteiger partial charge in [0.1, 0.15) is 0 Å². The van der Waals surface area contributed by atoms with Crippen molar-refractivity contribution in [3.63, 3.8) is 0 Å². The van der Waals surface area contributed by atoms with Crippen LogP contribution in [0.25, 0.3) is 0 Å². The van der Waals surface area contributed by atoms with E-state index in [-0.39, 0.29) is 0 Å². The Morgan fingerprint density at radius 1 is 0.846 bits per heavy atom. The third-order valence-corrected chi connectivity index (χ3v) is 5.29. The molecule has 4 nitrogen and oxygen atoms in total. The molecule has 3 rings (SSSR count). The third kappa shape index (κ3) is 5.23. The molecule has 0 bridgehead atoms. The van der Waals surface area contributed by atoms with E-state index in [0.717, 1.165) is 70.6 Å². The molecule has 4 heteroatoms. The van der Waals surface area contributed by atoms with Gasteiger partial charge in [-0.15, -0.1) is 0 Å². The highest BCUT2D eigenvalue weighted by atomic mass is 15.3. The smallest absolute Gasteiger partial charge is 0.0367 e. The second-order valence-electron chi connectivity index (χ2n) is 7.19. The van der Waals surface area contributed by atoms with Crippen molar-refractivity contribution in [2.75, 3.05) is 49.9 Å². The van der Waals surface area contributed by atoms with Crippen LogP contribution in [0.1, 0.15) is 24.0 Å². The lowest BCUT2D eigenvalue weighted by Crippen LogP contribution is -2.46. The van der Waals surface area contributed by atoms with Crippen molar-refractivity contribution < 1.29 is 0 Å². The van der Waals surface area contributed by atoms with Crippen molar-refractivity contribution in [3.05, 3.63) is 59.7 Å². The maximum atomic E-state index is 6.24. The summed E-state index contributed by atoms with van der Waals surface area (Å²) in [5, 5.41) is 0. The zero-order valence-corrected chi connectivity index (χ0v) is 15.7. The first kappa shape index (κ1) is 18.7. The number of nitrogens with zero attached hydrogens (tertiary/aromatic N) is 2. The summed E-state index contributed by atoms with van der Waals surface area (Å²) in [4.78, 5) is 5.06. The maximum Gasteiger partial charge on any atom is 0.0367 e. The van der Waals surface area contributed by atoms with Gasteiger partial charge in [-0.3, -0.25) is 4.90 Å². The van der Waals surface area contributed by atoms with Gasteiger partial charge in [0.25, 0.3) is 0 Å². The Morgan fingerprint density at radius 3 is 2.31 bits per heavy atom. The summed E-state index contributed by atoms with van der Waals surface area (Å²) in [6.45, 7) is 6.39. The van der Waals surface area contributed by atoms with E-state index in [1.807, 2.05) is 0 Å². The van der Waals surface area contributed by atoms with Crippen LogP contribution in [-0.4, -0.2) is 44.2 Å². The number of nitrogen functional groups attached to an aromatic ring is 1. The average molecular weight is 353 g/mol. The van der Waals surface area contributed by atoms with Crippen LogP contribution in [0.5, 0.6) is 0 Å². The number of para-hydroxylation sites is 1. The van der Waals surface area contributed by atoms with E-state index in [9.17, 15) is 0 Å². The van der Waals surface area contributed by atoms with Gasteiger partial charge in [0.15, 0.2) is 0 Å². The van der Waals surface area contributed by atoms with E-state index in [1.165, 1.54) is 16.8 Å². The molecule has 0 aromatic heterocycles. The summed E-state index contributed by atoms with van der Waals surface area (Å²) in [5.74, 6) is 0. The topological polar surface area (TPSA) is 58.5 Å². The number of piperazine rings is 1. The number of nitrogens with two attached hydrogens (primary N) is 2. The molecular formula is C22H32N4. The lowest BCUT2D eigenvalue weighted by atomic mass is 10.0. The van der Waals surface area contributed by atoms with Crippen LogP contribution in [0.3, 0.4) is 0 Å². The first-order chi connectivity index (χ1) is 12.8. The summed E-state index contributed by atoms with van der Waals surface area (Å²) in [6.07, 6.45) is 4.26. The standard InChI is InChI=1S/C22H32N4/c23-12-4-6-19-10-11-20(22(24)18-19)7-5-13-25-14-16-26(17-15-25)21-8-2-1-3-9-21/h1-3,8-11,18H,4-7,12-17,23-24H2. The molecule has 0 radical (unpaired) electrons. The van der Waals surface area contributed by atoms with E-state index in [1.54, 1.807) is 0 Å². The highest BCUT2D eigenvalue weighted by Crippen LogP contribution is 2.19. The van der Waals surface area contributed by atoms with E-state index in [2.05, 4.69) is 58.3 Å². The summed E-state index contributed by atoms with van der Waals surface area (Å²) < 4.78 is 0. The van der Waals surface area contributed by atoms with Crippen molar-refractivity contribution in [2.45, 2.75) is 25.7 Å². The summed E-state index contributed by atoms with van der Waals surface area (Å²) in [7, 11) is 0. The minimum atomic E-state index is 0.735. The van der Waals surface area contributed by atoms with Gasteiger partial charge in [-0.2, -0.15) is 0 Å². The number of aryl methyl sites for hydroxylation is 2. The number of benzene rings is 2. The van der Waals surface area contributed by atoms with E-state index >= 15 is 0 Å². The molecule has 0 aliphatic carbocycles. The number of hydrogen-bond donors (Lipinski definition) is 2. The van der Waals surface area contributed by atoms with E-state index in [0.29, 0.717) is 0 Å². The second kappa shape index (κ2) is 9.60. The highest BCUT2D eigenvalue weighted by molar-refractivity contribution is 5.49. The van der Waals surface area contributed by atoms with Crippen LogP contribution in [-0.2, 0) is 12.8 Å². The molecule has 4 N–H and O–H groups in total. The van der Waals surface area contributed by atoms with Gasteiger partial charge < -0.3 is 16.4 Å². The molecule has 0 amide bonds. The predicted octanol–water partition coefficient (Wildman–Crippen LogP) is 2.91. The van der Waals surface area contributed by atoms with Crippen molar-refractivity contribution in [2.24, 2.45) is 5.73 Å². The Bertz CT molecular complexity index is 663. The summed E-state index contributed by atoms with van der Waals surface area (Å²) >= 11 is 0. The van der Waals surface area contributed by atoms with Gasteiger partial charge in [-0.25, -0.2) is 0 Å². The molecular weight excluding hydrogens is 320 g/mol. The largest absolute Gasteiger partial charge is 0.398 e. The van der Waals surface area contributed by atoms with E-state index < -0.39 is 0 Å². The predicted molar refractivity (Wildman–Crippen MR) is 112 cm³/mol. The molecule has 2 aromatic rings. The molecule has 0 unspecified atom stereocenters. The molecule has 26 heavy (non-hydrogen) atoms. The fraction of sp³-hybridized carbons (Fsp3) is 0.455. The highest BCUT2D eigenvalue weighted by Gasteiger charge is 2.16. The molecule has 1 aliphatic rings. The minimum absolute atomic E-state index is 0.735. The van der Waals surface area contributed by atoms with Crippen LogP contribution in [0, 0.1) is 0 Å². The van der Waals surface area contributed by atoms with Crippen LogP contribution in [0.2, 0.25) is 0 Å². The molecule has 1 aliphatic heterocycles. The Labute approximate surface area is 157 Å². The monoisotopic (exact) mass is 352 g/mol. The molecule has 2 aromatic carbocycles. The Hall–Kier alpha value is -2.04. The quantitative estimate of drug-likeness (QED) is 0.717. The first-order valence-electron chi connectivity index (χ1n) is 9.86. The summed E-state index contributed by atoms with van der Waals surface area (Å²) in [6, 6.07) is 17.3. The minimum Gasteiger partial charge on any atom is -0.398 e. The number of rotatable bonds is 8. The van der Waals surface area contributed by atoms with Crippen molar-refractivity contribution >= 4 is 11.4 Å². The number of anilines is 2. The first-order valence-corrected chi connectivity index (χ1v) is 9.86. The van der Waals surface area contributed by atoms with Crippen LogP contribution in [0.4, 0.5) is 11.4 Å². The van der Waals surface area contributed by atoms with Crippen molar-refractivity contribution in [1.29, 1.82) is 0 Å². The fourth-order valence-corrected chi connectivity index (χ4v) is 3.70. The zero-order chi connectivity index (χ0) is 18.2. The van der Waals surface area contributed by atoms with Gasteiger partial charge >= 0.3 is 0 Å². The Balaban J connectivity index is 1.40. The Morgan fingerprint density at radius 2 is 1.62 bits per heavy atom. The number of hydrogen-bond acceptors (Lipinski definition) is 4. The van der Waals surface area contributed by atoms with Gasteiger partial charge in [0, 0.05) is 37.6 Å². The molecule has 0 saturated carbocycles. The summed E-state index contributed by atoms with van der Waals surface area (Å²) in [5.41, 5.74) is 16.7. The maximum absolute atomic E-state index is 6.24. The van der Waals surface area contributed by atoms with Gasteiger partial charge in [0.2, 0.25) is 0 Å². The molecule has 1 fully saturated rings. The second-order valence-corrected chi connectivity index (χ2v) is 7.19. The van der Waals surface area contributed by atoms with Crippen LogP contribution >= 0.6 is 0 Å². The van der Waals surface area contributed by atoms with Crippen LogP contribution < -0.4 is 16.4 Å². The van der Waals surface area contributed by atoms with Crippen molar-refractivity contribution in [3.8, 4) is 0 Å².